The van der Waals surface area contributed by atoms with Crippen molar-refractivity contribution in [3.63, 3.8) is 0 Å². The molecule has 1 aromatic carbocycles. The van der Waals surface area contributed by atoms with Crippen LogP contribution in [0.3, 0.4) is 0 Å². The molecular formula is C18H28N2. The molecule has 1 fully saturated rings. The number of likely N-dealkylation sites (tertiary alicyclic amines) is 1. The van der Waals surface area contributed by atoms with Crippen molar-refractivity contribution in [2.75, 3.05) is 20.1 Å². The van der Waals surface area contributed by atoms with Crippen molar-refractivity contribution in [1.82, 2.24) is 10.2 Å². The first-order chi connectivity index (χ1) is 9.83. The van der Waals surface area contributed by atoms with Crippen LogP contribution in [0.4, 0.5) is 0 Å². The number of nitrogens with zero attached hydrogens (tertiary/aromatic N) is 1. The zero-order valence-electron chi connectivity index (χ0n) is 12.9. The molecule has 1 aliphatic carbocycles. The lowest BCUT2D eigenvalue weighted by atomic mass is 9.98. The largest absolute Gasteiger partial charge is 0.312 e. The Kier molecular flexibility index (Phi) is 4.42. The summed E-state index contributed by atoms with van der Waals surface area (Å²) in [7, 11) is 2.12. The molecule has 1 heterocycles. The van der Waals surface area contributed by atoms with E-state index in [1.807, 2.05) is 0 Å². The Balaban J connectivity index is 1.74. The Hall–Kier alpha value is -0.860. The molecule has 1 aliphatic heterocycles. The number of fused-ring (bicyclic) bond motifs is 1. The van der Waals surface area contributed by atoms with Crippen LogP contribution in [0.25, 0.3) is 0 Å². The Labute approximate surface area is 123 Å². The minimum Gasteiger partial charge on any atom is -0.312 e. The monoisotopic (exact) mass is 272 g/mol. The van der Waals surface area contributed by atoms with Crippen molar-refractivity contribution < 1.29 is 0 Å². The number of hydrogen-bond acceptors (Lipinski definition) is 2. The summed E-state index contributed by atoms with van der Waals surface area (Å²) in [5, 5.41) is 3.57. The molecule has 3 atom stereocenters. The highest BCUT2D eigenvalue weighted by Crippen LogP contribution is 2.35. The Morgan fingerprint density at radius 1 is 1.20 bits per heavy atom. The highest BCUT2D eigenvalue weighted by atomic mass is 15.2. The van der Waals surface area contributed by atoms with E-state index in [0.29, 0.717) is 12.1 Å². The number of rotatable bonds is 3. The molecule has 0 bridgehead atoms. The summed E-state index contributed by atoms with van der Waals surface area (Å²) in [6, 6.07) is 10.2. The summed E-state index contributed by atoms with van der Waals surface area (Å²) >= 11 is 0. The number of nitrogens with one attached hydrogen (secondary N) is 1. The summed E-state index contributed by atoms with van der Waals surface area (Å²) in [5.74, 6) is 0.955. The van der Waals surface area contributed by atoms with Crippen molar-refractivity contribution >= 4 is 0 Å². The fourth-order valence-corrected chi connectivity index (χ4v) is 4.19. The summed E-state index contributed by atoms with van der Waals surface area (Å²) in [5.41, 5.74) is 3.07. The van der Waals surface area contributed by atoms with Gasteiger partial charge in [0, 0.05) is 12.1 Å². The quantitative estimate of drug-likeness (QED) is 0.907. The average molecular weight is 272 g/mol. The number of hydrogen-bond donors (Lipinski definition) is 1. The van der Waals surface area contributed by atoms with Crippen LogP contribution in [0.15, 0.2) is 24.3 Å². The van der Waals surface area contributed by atoms with Gasteiger partial charge < -0.3 is 5.32 Å². The van der Waals surface area contributed by atoms with Gasteiger partial charge in [-0.25, -0.2) is 0 Å². The molecule has 0 saturated carbocycles. The minimum absolute atomic E-state index is 0.518. The lowest BCUT2D eigenvalue weighted by Gasteiger charge is -2.32. The van der Waals surface area contributed by atoms with Crippen LogP contribution in [-0.2, 0) is 6.42 Å². The molecule has 1 aromatic rings. The van der Waals surface area contributed by atoms with E-state index in [1.165, 1.54) is 50.8 Å². The third-order valence-corrected chi connectivity index (χ3v) is 5.44. The van der Waals surface area contributed by atoms with E-state index in [1.54, 1.807) is 5.56 Å². The van der Waals surface area contributed by atoms with Crippen molar-refractivity contribution in [1.29, 1.82) is 0 Å². The van der Waals surface area contributed by atoms with Crippen molar-refractivity contribution in [2.24, 2.45) is 5.92 Å². The van der Waals surface area contributed by atoms with Gasteiger partial charge in [0.1, 0.15) is 0 Å². The Bertz CT molecular complexity index is 443. The maximum atomic E-state index is 3.57. The van der Waals surface area contributed by atoms with Gasteiger partial charge in [0.2, 0.25) is 0 Å². The fourth-order valence-electron chi connectivity index (χ4n) is 4.19. The van der Waals surface area contributed by atoms with Gasteiger partial charge in [-0.15, -0.1) is 0 Å². The van der Waals surface area contributed by atoms with E-state index in [0.717, 1.165) is 5.92 Å². The van der Waals surface area contributed by atoms with Crippen LogP contribution in [0.2, 0.25) is 0 Å². The number of likely N-dealkylation sites (N-methyl/N-ethyl adjacent to an activating group) is 1. The standard InChI is InChI=1S/C18H28N2/c1-3-14-7-6-11-20(12-10-14)17-13-15-8-4-5-9-16(15)18(17)19-2/h4-5,8-9,14,17-19H,3,6-7,10-13H2,1-2H3. The van der Waals surface area contributed by atoms with E-state index >= 15 is 0 Å². The van der Waals surface area contributed by atoms with E-state index < -0.39 is 0 Å². The normalized spacial score (nSPS) is 31.0. The maximum absolute atomic E-state index is 3.57. The van der Waals surface area contributed by atoms with Crippen LogP contribution in [0.5, 0.6) is 0 Å². The van der Waals surface area contributed by atoms with Crippen LogP contribution in [-0.4, -0.2) is 31.1 Å². The maximum Gasteiger partial charge on any atom is 0.0481 e. The lowest BCUT2D eigenvalue weighted by molar-refractivity contribution is 0.173. The predicted octanol–water partition coefficient (Wildman–Crippen LogP) is 3.38. The summed E-state index contributed by atoms with van der Waals surface area (Å²) in [6.45, 7) is 4.92. The lowest BCUT2D eigenvalue weighted by Crippen LogP contribution is -2.42. The molecule has 0 spiro atoms. The third-order valence-electron chi connectivity index (χ3n) is 5.44. The van der Waals surface area contributed by atoms with Gasteiger partial charge in [0.05, 0.1) is 0 Å². The van der Waals surface area contributed by atoms with Gasteiger partial charge in [-0.3, -0.25) is 4.90 Å². The molecule has 1 saturated heterocycles. The zero-order chi connectivity index (χ0) is 13.9. The van der Waals surface area contributed by atoms with E-state index in [2.05, 4.69) is 48.5 Å². The molecule has 20 heavy (non-hydrogen) atoms. The predicted molar refractivity (Wildman–Crippen MR) is 84.9 cm³/mol. The second-order valence-corrected chi connectivity index (χ2v) is 6.48. The van der Waals surface area contributed by atoms with Gasteiger partial charge in [-0.05, 0) is 62.9 Å². The van der Waals surface area contributed by atoms with Crippen molar-refractivity contribution in [3.8, 4) is 0 Å². The van der Waals surface area contributed by atoms with Crippen LogP contribution < -0.4 is 5.32 Å². The van der Waals surface area contributed by atoms with Gasteiger partial charge in [-0.1, -0.05) is 37.6 Å². The Morgan fingerprint density at radius 3 is 2.85 bits per heavy atom. The molecule has 110 valence electrons. The summed E-state index contributed by atoms with van der Waals surface area (Å²) < 4.78 is 0. The summed E-state index contributed by atoms with van der Waals surface area (Å²) in [4.78, 5) is 2.76. The minimum atomic E-state index is 0.518. The third kappa shape index (κ3) is 2.64. The van der Waals surface area contributed by atoms with Crippen LogP contribution >= 0.6 is 0 Å². The molecule has 3 rings (SSSR count). The second-order valence-electron chi connectivity index (χ2n) is 6.48. The molecule has 2 heteroatoms. The first-order valence-corrected chi connectivity index (χ1v) is 8.32. The molecule has 2 nitrogen and oxygen atoms in total. The zero-order valence-corrected chi connectivity index (χ0v) is 12.9. The second kappa shape index (κ2) is 6.28. The molecule has 0 aromatic heterocycles. The van der Waals surface area contributed by atoms with Gasteiger partial charge in [0.15, 0.2) is 0 Å². The highest BCUT2D eigenvalue weighted by Gasteiger charge is 2.35. The summed E-state index contributed by atoms with van der Waals surface area (Å²) in [6.07, 6.45) is 6.77. The highest BCUT2D eigenvalue weighted by molar-refractivity contribution is 5.37. The van der Waals surface area contributed by atoms with Crippen LogP contribution in [0.1, 0.15) is 49.8 Å². The SMILES string of the molecule is CCC1CCCN(C2Cc3ccccc3C2NC)CC1. The molecule has 3 unspecified atom stereocenters. The molecular weight excluding hydrogens is 244 g/mol. The average Bonchev–Trinajstić information content (AvgIpc) is 2.69. The van der Waals surface area contributed by atoms with E-state index in [9.17, 15) is 0 Å². The first kappa shape index (κ1) is 14.1. The fraction of sp³-hybridized carbons (Fsp3) is 0.667. The Morgan fingerprint density at radius 2 is 2.05 bits per heavy atom. The molecule has 0 radical (unpaired) electrons. The smallest absolute Gasteiger partial charge is 0.0481 e. The van der Waals surface area contributed by atoms with Gasteiger partial charge in [-0.2, -0.15) is 0 Å². The molecule has 1 N–H and O–H groups in total. The molecule has 2 aliphatic rings. The first-order valence-electron chi connectivity index (χ1n) is 8.32. The van der Waals surface area contributed by atoms with Crippen molar-refractivity contribution in [2.45, 2.75) is 51.1 Å². The van der Waals surface area contributed by atoms with Crippen molar-refractivity contribution in [3.05, 3.63) is 35.4 Å². The molecule has 0 amide bonds. The van der Waals surface area contributed by atoms with E-state index in [4.69, 9.17) is 0 Å². The van der Waals surface area contributed by atoms with Gasteiger partial charge >= 0.3 is 0 Å². The number of benzene rings is 1. The van der Waals surface area contributed by atoms with Gasteiger partial charge in [0.25, 0.3) is 0 Å². The topological polar surface area (TPSA) is 15.3 Å². The van der Waals surface area contributed by atoms with Crippen LogP contribution in [0, 0.1) is 5.92 Å². The van der Waals surface area contributed by atoms with E-state index in [-0.39, 0.29) is 0 Å².